The van der Waals surface area contributed by atoms with Gasteiger partial charge in [0.15, 0.2) is 0 Å². The molecule has 0 bridgehead atoms. The normalized spacial score (nSPS) is 18.1. The van der Waals surface area contributed by atoms with E-state index in [1.165, 1.54) is 6.92 Å². The molecular formula is C17H30F6O. The van der Waals surface area contributed by atoms with Crippen LogP contribution >= 0.6 is 0 Å². The highest BCUT2D eigenvalue weighted by molar-refractivity contribution is 4.95. The standard InChI is InChI=1S/C17H30F6O/c1-10(2)13(6)14(11(3)4)8-7-12(5)9-15(24,16(18,19)20)17(21,22)23/h10-14,24H,7-9H2,1-6H3. The highest BCUT2D eigenvalue weighted by Gasteiger charge is 2.70. The Morgan fingerprint density at radius 2 is 1.12 bits per heavy atom. The maximum atomic E-state index is 12.8. The number of rotatable bonds is 8. The van der Waals surface area contributed by atoms with Crippen LogP contribution in [0.25, 0.3) is 0 Å². The van der Waals surface area contributed by atoms with E-state index < -0.39 is 30.3 Å². The molecule has 0 saturated heterocycles. The van der Waals surface area contributed by atoms with Gasteiger partial charge in [0, 0.05) is 0 Å². The third-order valence-corrected chi connectivity index (χ3v) is 5.16. The van der Waals surface area contributed by atoms with Gasteiger partial charge in [0.2, 0.25) is 0 Å². The summed E-state index contributed by atoms with van der Waals surface area (Å²) in [6.45, 7) is 11.5. The smallest absolute Gasteiger partial charge is 0.374 e. The van der Waals surface area contributed by atoms with E-state index >= 15 is 0 Å². The monoisotopic (exact) mass is 364 g/mol. The van der Waals surface area contributed by atoms with Crippen LogP contribution in [-0.4, -0.2) is 23.1 Å². The Morgan fingerprint density at radius 3 is 1.42 bits per heavy atom. The van der Waals surface area contributed by atoms with E-state index in [4.69, 9.17) is 0 Å². The predicted octanol–water partition coefficient (Wildman–Crippen LogP) is 6.21. The predicted molar refractivity (Wildman–Crippen MR) is 82.4 cm³/mol. The van der Waals surface area contributed by atoms with Gasteiger partial charge in [-0.1, -0.05) is 48.0 Å². The first-order chi connectivity index (χ1) is 10.5. The fourth-order valence-electron chi connectivity index (χ4n) is 3.17. The molecule has 0 fully saturated rings. The molecule has 0 aromatic carbocycles. The third kappa shape index (κ3) is 5.81. The molecule has 0 heterocycles. The van der Waals surface area contributed by atoms with Crippen molar-refractivity contribution in [3.8, 4) is 0 Å². The van der Waals surface area contributed by atoms with Crippen LogP contribution in [0.15, 0.2) is 0 Å². The van der Waals surface area contributed by atoms with Crippen LogP contribution in [0.4, 0.5) is 26.3 Å². The number of aliphatic hydroxyl groups is 1. The van der Waals surface area contributed by atoms with Crippen LogP contribution in [0, 0.1) is 29.6 Å². The summed E-state index contributed by atoms with van der Waals surface area (Å²) in [5.74, 6) is 0.325. The van der Waals surface area contributed by atoms with E-state index in [1.54, 1.807) is 0 Å². The summed E-state index contributed by atoms with van der Waals surface area (Å²) in [5.41, 5.74) is -4.64. The van der Waals surface area contributed by atoms with Gasteiger partial charge in [-0.2, -0.15) is 26.3 Å². The molecule has 146 valence electrons. The number of hydrogen-bond donors (Lipinski definition) is 1. The lowest BCUT2D eigenvalue weighted by atomic mass is 9.74. The number of hydrogen-bond acceptors (Lipinski definition) is 1. The van der Waals surface area contributed by atoms with Crippen molar-refractivity contribution < 1.29 is 31.4 Å². The van der Waals surface area contributed by atoms with E-state index in [1.807, 2.05) is 13.8 Å². The Hall–Kier alpha value is -0.460. The molecule has 0 rings (SSSR count). The van der Waals surface area contributed by atoms with E-state index in [0.717, 1.165) is 0 Å². The average molecular weight is 364 g/mol. The zero-order valence-corrected chi connectivity index (χ0v) is 15.2. The largest absolute Gasteiger partial charge is 0.426 e. The lowest BCUT2D eigenvalue weighted by Gasteiger charge is -2.35. The SMILES string of the molecule is CC(CCC(C(C)C)C(C)C(C)C)CC(O)(C(F)(F)F)C(F)(F)F. The van der Waals surface area contributed by atoms with Crippen molar-refractivity contribution in [1.29, 1.82) is 0 Å². The Labute approximate surface area is 140 Å². The summed E-state index contributed by atoms with van der Waals surface area (Å²) in [7, 11) is 0. The van der Waals surface area contributed by atoms with Gasteiger partial charge >= 0.3 is 12.4 Å². The molecule has 0 amide bonds. The topological polar surface area (TPSA) is 20.2 Å². The van der Waals surface area contributed by atoms with E-state index in [9.17, 15) is 31.4 Å². The molecule has 24 heavy (non-hydrogen) atoms. The molecule has 0 aliphatic carbocycles. The number of halogens is 6. The molecule has 1 nitrogen and oxygen atoms in total. The molecule has 0 spiro atoms. The summed E-state index contributed by atoms with van der Waals surface area (Å²) >= 11 is 0. The molecule has 0 aliphatic heterocycles. The van der Waals surface area contributed by atoms with Gasteiger partial charge in [-0.15, -0.1) is 0 Å². The Kier molecular flexibility index (Phi) is 8.12. The molecule has 7 heteroatoms. The van der Waals surface area contributed by atoms with Gasteiger partial charge < -0.3 is 5.11 Å². The lowest BCUT2D eigenvalue weighted by molar-refractivity contribution is -0.372. The maximum absolute atomic E-state index is 12.8. The van der Waals surface area contributed by atoms with Crippen molar-refractivity contribution in [3.05, 3.63) is 0 Å². The van der Waals surface area contributed by atoms with Crippen molar-refractivity contribution >= 4 is 0 Å². The molecule has 3 unspecified atom stereocenters. The van der Waals surface area contributed by atoms with Crippen molar-refractivity contribution in [2.24, 2.45) is 29.6 Å². The zero-order valence-electron chi connectivity index (χ0n) is 15.2. The molecule has 0 saturated carbocycles. The summed E-state index contributed by atoms with van der Waals surface area (Å²) in [6, 6.07) is 0. The van der Waals surface area contributed by atoms with Gasteiger partial charge in [0.05, 0.1) is 0 Å². The van der Waals surface area contributed by atoms with E-state index in [0.29, 0.717) is 24.2 Å². The Bertz CT molecular complexity index is 358. The van der Waals surface area contributed by atoms with Crippen LogP contribution in [-0.2, 0) is 0 Å². The first kappa shape index (κ1) is 23.5. The van der Waals surface area contributed by atoms with Gasteiger partial charge in [0.1, 0.15) is 0 Å². The maximum Gasteiger partial charge on any atom is 0.426 e. The van der Waals surface area contributed by atoms with E-state index in [-0.39, 0.29) is 12.3 Å². The van der Waals surface area contributed by atoms with Crippen LogP contribution in [0.3, 0.4) is 0 Å². The van der Waals surface area contributed by atoms with Gasteiger partial charge in [0.25, 0.3) is 5.60 Å². The molecule has 0 aliphatic rings. The summed E-state index contributed by atoms with van der Waals surface area (Å²) in [5, 5.41) is 9.28. The lowest BCUT2D eigenvalue weighted by Crippen LogP contribution is -2.57. The summed E-state index contributed by atoms with van der Waals surface area (Å²) < 4.78 is 76.5. The zero-order chi connectivity index (χ0) is 19.5. The highest BCUT2D eigenvalue weighted by atomic mass is 19.4. The highest BCUT2D eigenvalue weighted by Crippen LogP contribution is 2.47. The van der Waals surface area contributed by atoms with Crippen LogP contribution in [0.2, 0.25) is 0 Å². The van der Waals surface area contributed by atoms with Crippen LogP contribution in [0.1, 0.15) is 60.8 Å². The molecule has 3 atom stereocenters. The van der Waals surface area contributed by atoms with Gasteiger partial charge in [-0.3, -0.25) is 0 Å². The molecule has 0 radical (unpaired) electrons. The summed E-state index contributed by atoms with van der Waals surface area (Å²) in [6.07, 6.45) is -12.1. The first-order valence-corrected chi connectivity index (χ1v) is 8.40. The second-order valence-electron chi connectivity index (χ2n) is 7.75. The van der Waals surface area contributed by atoms with Gasteiger partial charge in [-0.25, -0.2) is 0 Å². The molecule has 0 aromatic rings. The van der Waals surface area contributed by atoms with E-state index in [2.05, 4.69) is 20.8 Å². The average Bonchev–Trinajstić information content (AvgIpc) is 2.35. The van der Waals surface area contributed by atoms with Crippen molar-refractivity contribution in [3.63, 3.8) is 0 Å². The second kappa shape index (κ2) is 8.28. The van der Waals surface area contributed by atoms with Gasteiger partial charge in [-0.05, 0) is 42.4 Å². The Balaban J connectivity index is 5.02. The molecular weight excluding hydrogens is 334 g/mol. The van der Waals surface area contributed by atoms with Crippen molar-refractivity contribution in [2.45, 2.75) is 78.8 Å². The number of alkyl halides is 6. The fourth-order valence-corrected chi connectivity index (χ4v) is 3.17. The third-order valence-electron chi connectivity index (χ3n) is 5.16. The minimum atomic E-state index is -5.73. The summed E-state index contributed by atoms with van der Waals surface area (Å²) in [4.78, 5) is 0. The molecule has 1 N–H and O–H groups in total. The fraction of sp³-hybridized carbons (Fsp3) is 1.00. The van der Waals surface area contributed by atoms with Crippen molar-refractivity contribution in [1.82, 2.24) is 0 Å². The van der Waals surface area contributed by atoms with Crippen molar-refractivity contribution in [2.75, 3.05) is 0 Å². The quantitative estimate of drug-likeness (QED) is 0.508. The molecule has 0 aromatic heterocycles. The second-order valence-corrected chi connectivity index (χ2v) is 7.75. The van der Waals surface area contributed by atoms with Crippen LogP contribution < -0.4 is 0 Å². The van der Waals surface area contributed by atoms with Crippen LogP contribution in [0.5, 0.6) is 0 Å². The Morgan fingerprint density at radius 1 is 0.708 bits per heavy atom. The first-order valence-electron chi connectivity index (χ1n) is 8.40. The minimum Gasteiger partial charge on any atom is -0.374 e. The minimum absolute atomic E-state index is 0.217.